The molecule has 2 nitrogen and oxygen atoms in total. The number of Topliss-reactive ketones (excluding diaryl/α,β-unsaturated/α-hetero) is 1. The van der Waals surface area contributed by atoms with Crippen molar-refractivity contribution in [3.63, 3.8) is 0 Å². The molecule has 0 radical (unpaired) electrons. The normalized spacial score (nSPS) is 15.6. The van der Waals surface area contributed by atoms with Gasteiger partial charge < -0.3 is 4.74 Å². The number of hydrogen-bond acceptors (Lipinski definition) is 2. The molecule has 0 N–H and O–H groups in total. The fourth-order valence-corrected chi connectivity index (χ4v) is 2.37. The van der Waals surface area contributed by atoms with Crippen molar-refractivity contribution in [3.8, 4) is 0 Å². The number of carbonyl (C=O) groups is 1. The fourth-order valence-electron chi connectivity index (χ4n) is 2.37. The van der Waals surface area contributed by atoms with Gasteiger partial charge in [-0.05, 0) is 23.1 Å². The molecule has 0 fully saturated rings. The zero-order chi connectivity index (χ0) is 12.3. The van der Waals surface area contributed by atoms with Crippen LogP contribution in [0.2, 0.25) is 0 Å². The van der Waals surface area contributed by atoms with Crippen LogP contribution in [0.3, 0.4) is 0 Å². The van der Waals surface area contributed by atoms with Crippen LogP contribution in [0.25, 0.3) is 0 Å². The summed E-state index contributed by atoms with van der Waals surface area (Å²) in [6, 6.07) is 5.97. The zero-order valence-electron chi connectivity index (χ0n) is 10.7. The van der Waals surface area contributed by atoms with Gasteiger partial charge in [-0.15, -0.1) is 0 Å². The molecule has 1 aromatic carbocycles. The molecule has 1 unspecified atom stereocenters. The van der Waals surface area contributed by atoms with Crippen molar-refractivity contribution in [3.05, 3.63) is 34.9 Å². The predicted octanol–water partition coefficient (Wildman–Crippen LogP) is 3.73. The van der Waals surface area contributed by atoms with Crippen molar-refractivity contribution in [1.82, 2.24) is 0 Å². The van der Waals surface area contributed by atoms with Crippen LogP contribution in [0.15, 0.2) is 18.2 Å². The van der Waals surface area contributed by atoms with Gasteiger partial charge in [0.05, 0.1) is 13.2 Å². The molecule has 1 aliphatic rings. The lowest BCUT2D eigenvalue weighted by molar-refractivity contribution is 0.0962. The third-order valence-corrected chi connectivity index (χ3v) is 3.36. The Bertz CT molecular complexity index is 409. The highest BCUT2D eigenvalue weighted by Crippen LogP contribution is 2.22. The minimum Gasteiger partial charge on any atom is -0.372 e. The second-order valence-electron chi connectivity index (χ2n) is 5.00. The molecule has 0 saturated carbocycles. The third kappa shape index (κ3) is 2.95. The van der Waals surface area contributed by atoms with Crippen molar-refractivity contribution < 1.29 is 9.53 Å². The van der Waals surface area contributed by atoms with Gasteiger partial charge in [-0.1, -0.05) is 38.8 Å². The maximum atomic E-state index is 12.1. The lowest BCUT2D eigenvalue weighted by Crippen LogP contribution is -2.06. The van der Waals surface area contributed by atoms with Gasteiger partial charge in [0.2, 0.25) is 0 Å². The Balaban J connectivity index is 2.04. The number of ether oxygens (including phenoxy) is 1. The van der Waals surface area contributed by atoms with Gasteiger partial charge in [-0.2, -0.15) is 0 Å². The first-order chi connectivity index (χ1) is 8.20. The number of benzene rings is 1. The SMILES string of the molecule is CCCC(C)CC(=O)c1ccc2c(c1)COC2. The van der Waals surface area contributed by atoms with Crippen LogP contribution in [-0.4, -0.2) is 5.78 Å². The summed E-state index contributed by atoms with van der Waals surface area (Å²) >= 11 is 0. The number of hydrogen-bond donors (Lipinski definition) is 0. The first-order valence-electron chi connectivity index (χ1n) is 6.43. The first kappa shape index (κ1) is 12.3. The Labute approximate surface area is 103 Å². The average molecular weight is 232 g/mol. The molecule has 0 spiro atoms. The van der Waals surface area contributed by atoms with Crippen LogP contribution in [0.5, 0.6) is 0 Å². The van der Waals surface area contributed by atoms with Crippen LogP contribution in [0.4, 0.5) is 0 Å². The highest BCUT2D eigenvalue weighted by Gasteiger charge is 2.15. The van der Waals surface area contributed by atoms with Crippen molar-refractivity contribution in [2.75, 3.05) is 0 Å². The van der Waals surface area contributed by atoms with Gasteiger partial charge in [0.1, 0.15) is 0 Å². The lowest BCUT2D eigenvalue weighted by atomic mass is 9.95. The predicted molar refractivity (Wildman–Crippen MR) is 68.0 cm³/mol. The summed E-state index contributed by atoms with van der Waals surface area (Å²) in [6.07, 6.45) is 2.93. The van der Waals surface area contributed by atoms with Crippen molar-refractivity contribution in [2.24, 2.45) is 5.92 Å². The summed E-state index contributed by atoms with van der Waals surface area (Å²) in [4.78, 5) is 12.1. The molecule has 0 amide bonds. The van der Waals surface area contributed by atoms with E-state index in [4.69, 9.17) is 4.74 Å². The van der Waals surface area contributed by atoms with Crippen LogP contribution >= 0.6 is 0 Å². The maximum Gasteiger partial charge on any atom is 0.163 e. The van der Waals surface area contributed by atoms with E-state index < -0.39 is 0 Å². The molecule has 0 aliphatic carbocycles. The molecule has 2 heteroatoms. The largest absolute Gasteiger partial charge is 0.372 e. The highest BCUT2D eigenvalue weighted by atomic mass is 16.5. The van der Waals surface area contributed by atoms with Crippen molar-refractivity contribution in [2.45, 2.75) is 46.3 Å². The highest BCUT2D eigenvalue weighted by molar-refractivity contribution is 5.96. The van der Waals surface area contributed by atoms with Crippen LogP contribution in [-0.2, 0) is 18.0 Å². The number of ketones is 1. The average Bonchev–Trinajstić information content (AvgIpc) is 2.75. The van der Waals surface area contributed by atoms with E-state index in [1.807, 2.05) is 18.2 Å². The summed E-state index contributed by atoms with van der Waals surface area (Å²) in [5.74, 6) is 0.748. The van der Waals surface area contributed by atoms with Gasteiger partial charge in [0, 0.05) is 12.0 Å². The van der Waals surface area contributed by atoms with E-state index in [1.54, 1.807) is 0 Å². The van der Waals surface area contributed by atoms with E-state index in [-0.39, 0.29) is 5.78 Å². The summed E-state index contributed by atoms with van der Waals surface area (Å²) in [6.45, 7) is 5.66. The molecule has 92 valence electrons. The van der Waals surface area contributed by atoms with E-state index in [0.717, 1.165) is 18.4 Å². The molecular weight excluding hydrogens is 212 g/mol. The number of fused-ring (bicyclic) bond motifs is 1. The lowest BCUT2D eigenvalue weighted by Gasteiger charge is -2.09. The monoisotopic (exact) mass is 232 g/mol. The molecule has 1 atom stereocenters. The first-order valence-corrected chi connectivity index (χ1v) is 6.43. The van der Waals surface area contributed by atoms with Crippen molar-refractivity contribution in [1.29, 1.82) is 0 Å². The zero-order valence-corrected chi connectivity index (χ0v) is 10.7. The standard InChI is InChI=1S/C15H20O2/c1-3-4-11(2)7-15(16)12-5-6-13-9-17-10-14(13)8-12/h5-6,8,11H,3-4,7,9-10H2,1-2H3. The van der Waals surface area contributed by atoms with E-state index >= 15 is 0 Å². The van der Waals surface area contributed by atoms with Gasteiger partial charge in [-0.3, -0.25) is 4.79 Å². The smallest absolute Gasteiger partial charge is 0.163 e. The van der Waals surface area contributed by atoms with Gasteiger partial charge in [-0.25, -0.2) is 0 Å². The molecule has 0 bridgehead atoms. The Morgan fingerprint density at radius 1 is 1.35 bits per heavy atom. The van der Waals surface area contributed by atoms with E-state index in [0.29, 0.717) is 25.6 Å². The Kier molecular flexibility index (Phi) is 3.95. The minimum atomic E-state index is 0.264. The van der Waals surface area contributed by atoms with Crippen LogP contribution in [0, 0.1) is 5.92 Å². The van der Waals surface area contributed by atoms with E-state index in [2.05, 4.69) is 13.8 Å². The van der Waals surface area contributed by atoms with Gasteiger partial charge in [0.15, 0.2) is 5.78 Å². The van der Waals surface area contributed by atoms with Crippen LogP contribution in [0.1, 0.15) is 54.6 Å². The molecule has 17 heavy (non-hydrogen) atoms. The minimum absolute atomic E-state index is 0.264. The van der Waals surface area contributed by atoms with Gasteiger partial charge >= 0.3 is 0 Å². The molecule has 1 heterocycles. The number of rotatable bonds is 5. The summed E-state index contributed by atoms with van der Waals surface area (Å²) in [7, 11) is 0. The number of carbonyl (C=O) groups excluding carboxylic acids is 1. The second kappa shape index (κ2) is 5.46. The molecular formula is C15H20O2. The second-order valence-corrected chi connectivity index (χ2v) is 5.00. The van der Waals surface area contributed by atoms with Gasteiger partial charge in [0.25, 0.3) is 0 Å². The summed E-state index contributed by atoms with van der Waals surface area (Å²) in [5, 5.41) is 0. The van der Waals surface area contributed by atoms with E-state index in [9.17, 15) is 4.79 Å². The third-order valence-electron chi connectivity index (χ3n) is 3.36. The van der Waals surface area contributed by atoms with E-state index in [1.165, 1.54) is 11.1 Å². The topological polar surface area (TPSA) is 26.3 Å². The molecule has 1 aliphatic heterocycles. The Hall–Kier alpha value is -1.15. The summed E-state index contributed by atoms with van der Waals surface area (Å²) in [5.41, 5.74) is 3.25. The molecule has 2 rings (SSSR count). The van der Waals surface area contributed by atoms with Crippen LogP contribution < -0.4 is 0 Å². The molecule has 0 aromatic heterocycles. The van der Waals surface area contributed by atoms with Crippen molar-refractivity contribution >= 4 is 5.78 Å². The Morgan fingerprint density at radius 2 is 2.12 bits per heavy atom. The quantitative estimate of drug-likeness (QED) is 0.723. The molecule has 0 saturated heterocycles. The maximum absolute atomic E-state index is 12.1. The summed E-state index contributed by atoms with van der Waals surface area (Å²) < 4.78 is 5.36. The Morgan fingerprint density at radius 3 is 2.88 bits per heavy atom. The fraction of sp³-hybridized carbons (Fsp3) is 0.533. The molecule has 1 aromatic rings.